The van der Waals surface area contributed by atoms with Crippen molar-refractivity contribution in [2.24, 2.45) is 5.92 Å². The third kappa shape index (κ3) is 4.77. The molecule has 2 aromatic rings. The van der Waals surface area contributed by atoms with Crippen LogP contribution in [0, 0.1) is 24.2 Å². The first-order valence-corrected chi connectivity index (χ1v) is 9.37. The lowest BCUT2D eigenvalue weighted by molar-refractivity contribution is -0.138. The number of aromatic nitrogens is 2. The average molecular weight is 472 g/mol. The second-order valence-electron chi connectivity index (χ2n) is 6.53. The van der Waals surface area contributed by atoms with Crippen LogP contribution in [0.25, 0.3) is 0 Å². The molecule has 1 aliphatic rings. The van der Waals surface area contributed by atoms with Gasteiger partial charge in [0.15, 0.2) is 0 Å². The number of nitrogens with one attached hydrogen (secondary N) is 2. The maximum absolute atomic E-state index is 13.3. The Hall–Kier alpha value is -2.42. The summed E-state index contributed by atoms with van der Waals surface area (Å²) in [6.45, 7) is 1.88. The third-order valence-electron chi connectivity index (χ3n) is 4.42. The lowest BCUT2D eigenvalue weighted by Gasteiger charge is -2.18. The van der Waals surface area contributed by atoms with Gasteiger partial charge >= 0.3 is 6.18 Å². The summed E-state index contributed by atoms with van der Waals surface area (Å²) in [4.78, 5) is 8.42. The molecular weight excluding hydrogens is 455 g/mol. The first kappa shape index (κ1) is 21.3. The first-order valence-electron chi connectivity index (χ1n) is 8.58. The summed E-state index contributed by atoms with van der Waals surface area (Å²) in [5, 5.41) is 24.4. The Morgan fingerprint density at radius 1 is 1.38 bits per heavy atom. The maximum atomic E-state index is 13.3. The number of aliphatic hydroxyl groups excluding tert-OH is 1. The topological polar surface area (TPSA) is 103 Å². The number of benzene rings is 1. The summed E-state index contributed by atoms with van der Waals surface area (Å²) in [6, 6.07) is 4.22. The fourth-order valence-corrected chi connectivity index (χ4v) is 3.43. The Kier molecular flexibility index (Phi) is 6.26. The number of alkyl halides is 3. The first-order chi connectivity index (χ1) is 13.7. The molecule has 0 radical (unpaired) electrons. The van der Waals surface area contributed by atoms with Gasteiger partial charge < -0.3 is 20.5 Å². The molecule has 2 heterocycles. The molecule has 0 spiro atoms. The fourth-order valence-electron chi connectivity index (χ4n) is 2.85. The van der Waals surface area contributed by atoms with Crippen LogP contribution in [0.3, 0.4) is 0 Å². The molecule has 0 saturated carbocycles. The van der Waals surface area contributed by atoms with Crippen molar-refractivity contribution in [1.82, 2.24) is 9.97 Å². The Balaban J connectivity index is 1.88. The molecule has 3 rings (SSSR count). The van der Waals surface area contributed by atoms with Crippen LogP contribution in [0.15, 0.2) is 22.8 Å². The van der Waals surface area contributed by atoms with Crippen molar-refractivity contribution in [3.8, 4) is 6.07 Å². The zero-order valence-electron chi connectivity index (χ0n) is 15.2. The van der Waals surface area contributed by atoms with Crippen LogP contribution >= 0.6 is 15.9 Å². The van der Waals surface area contributed by atoms with Crippen LogP contribution in [0.4, 0.5) is 30.6 Å². The molecule has 1 saturated heterocycles. The molecule has 7 nitrogen and oxygen atoms in total. The molecular formula is C18H17BrF3N5O2. The lowest BCUT2D eigenvalue weighted by atomic mass is 10.1. The van der Waals surface area contributed by atoms with E-state index in [1.165, 1.54) is 12.3 Å². The van der Waals surface area contributed by atoms with E-state index in [0.29, 0.717) is 24.6 Å². The van der Waals surface area contributed by atoms with E-state index in [2.05, 4.69) is 42.6 Å². The van der Waals surface area contributed by atoms with E-state index >= 15 is 0 Å². The predicted octanol–water partition coefficient (Wildman–Crippen LogP) is 3.75. The van der Waals surface area contributed by atoms with E-state index in [1.54, 1.807) is 6.92 Å². The Morgan fingerprint density at radius 2 is 2.14 bits per heavy atom. The van der Waals surface area contributed by atoms with Crippen molar-refractivity contribution >= 4 is 33.4 Å². The van der Waals surface area contributed by atoms with Crippen molar-refractivity contribution in [3.63, 3.8) is 0 Å². The van der Waals surface area contributed by atoms with E-state index in [0.717, 1.165) is 6.07 Å². The summed E-state index contributed by atoms with van der Waals surface area (Å²) in [5.74, 6) is 0.201. The molecule has 3 N–H and O–H groups in total. The van der Waals surface area contributed by atoms with Crippen LogP contribution in [-0.4, -0.2) is 34.3 Å². The van der Waals surface area contributed by atoms with Crippen LogP contribution in [0.5, 0.6) is 0 Å². The van der Waals surface area contributed by atoms with Crippen LogP contribution < -0.4 is 10.6 Å². The highest BCUT2D eigenvalue weighted by Gasteiger charge is 2.34. The molecule has 29 heavy (non-hydrogen) atoms. The van der Waals surface area contributed by atoms with E-state index in [9.17, 15) is 18.3 Å². The molecule has 2 unspecified atom stereocenters. The monoisotopic (exact) mass is 471 g/mol. The van der Waals surface area contributed by atoms with Gasteiger partial charge in [-0.3, -0.25) is 0 Å². The summed E-state index contributed by atoms with van der Waals surface area (Å²) in [7, 11) is 0. The van der Waals surface area contributed by atoms with Gasteiger partial charge in [0.2, 0.25) is 5.95 Å². The van der Waals surface area contributed by atoms with Gasteiger partial charge in [-0.15, -0.1) is 0 Å². The van der Waals surface area contributed by atoms with E-state index in [-0.39, 0.29) is 33.6 Å². The number of hydrogen-bond donors (Lipinski definition) is 3. The molecule has 1 aliphatic heterocycles. The van der Waals surface area contributed by atoms with Crippen molar-refractivity contribution in [2.75, 3.05) is 23.8 Å². The summed E-state index contributed by atoms with van der Waals surface area (Å²) >= 11 is 2.89. The zero-order valence-corrected chi connectivity index (χ0v) is 16.8. The van der Waals surface area contributed by atoms with Gasteiger partial charge in [-0.2, -0.15) is 23.4 Å². The third-order valence-corrected chi connectivity index (χ3v) is 5.36. The summed E-state index contributed by atoms with van der Waals surface area (Å²) < 4.78 is 44.9. The van der Waals surface area contributed by atoms with Crippen molar-refractivity contribution in [3.05, 3.63) is 39.5 Å². The number of nitrogens with zero attached hydrogens (tertiary/aromatic N) is 3. The number of aryl methyl sites for hydroxylation is 1. The Morgan fingerprint density at radius 3 is 2.79 bits per heavy atom. The van der Waals surface area contributed by atoms with E-state index < -0.39 is 18.3 Å². The number of nitriles is 1. The highest BCUT2D eigenvalue weighted by atomic mass is 79.9. The van der Waals surface area contributed by atoms with E-state index in [4.69, 9.17) is 10.00 Å². The lowest BCUT2D eigenvalue weighted by Crippen LogP contribution is -2.27. The second-order valence-corrected chi connectivity index (χ2v) is 7.32. The number of anilines is 3. The molecule has 11 heteroatoms. The van der Waals surface area contributed by atoms with Crippen LogP contribution in [-0.2, 0) is 17.5 Å². The minimum atomic E-state index is -4.60. The summed E-state index contributed by atoms with van der Waals surface area (Å²) in [5.41, 5.74) is -0.0508. The van der Waals surface area contributed by atoms with Crippen molar-refractivity contribution < 1.29 is 23.0 Å². The maximum Gasteiger partial charge on any atom is 0.417 e. The molecule has 1 aromatic carbocycles. The van der Waals surface area contributed by atoms with Crippen LogP contribution in [0.2, 0.25) is 0 Å². The molecule has 2 atom stereocenters. The van der Waals surface area contributed by atoms with Gasteiger partial charge in [0.25, 0.3) is 0 Å². The molecule has 1 aromatic heterocycles. The van der Waals surface area contributed by atoms with Crippen LogP contribution in [0.1, 0.15) is 16.7 Å². The smallest absolute Gasteiger partial charge is 0.392 e. The second kappa shape index (κ2) is 8.52. The SMILES string of the molecule is Cc1cnc(Nc2cc(CO)c(Br)c(C(F)(F)F)c2)nc1NC1COCC1C#N. The van der Waals surface area contributed by atoms with E-state index in [1.807, 2.05) is 0 Å². The minimum absolute atomic E-state index is 0.0739. The van der Waals surface area contributed by atoms with Gasteiger partial charge in [0.1, 0.15) is 5.82 Å². The number of rotatable bonds is 5. The van der Waals surface area contributed by atoms with Gasteiger partial charge in [-0.25, -0.2) is 4.98 Å². The highest BCUT2D eigenvalue weighted by Crippen LogP contribution is 2.39. The quantitative estimate of drug-likeness (QED) is 0.609. The van der Waals surface area contributed by atoms with Crippen molar-refractivity contribution in [2.45, 2.75) is 25.7 Å². The number of aliphatic hydroxyl groups is 1. The zero-order chi connectivity index (χ0) is 21.2. The standard InChI is InChI=1S/C18H17BrF3N5O2/c1-9-5-24-17(27-16(9)26-14-8-29-7-11(14)4-23)25-12-2-10(6-28)15(19)13(3-12)18(20,21)22/h2-3,5,11,14,28H,6-8H2,1H3,(H2,24,25,26,27). The summed E-state index contributed by atoms with van der Waals surface area (Å²) in [6.07, 6.45) is -3.08. The normalized spacial score (nSPS) is 19.1. The van der Waals surface area contributed by atoms with Gasteiger partial charge in [0, 0.05) is 21.9 Å². The Bertz CT molecular complexity index is 948. The number of halogens is 4. The highest BCUT2D eigenvalue weighted by molar-refractivity contribution is 9.10. The molecule has 154 valence electrons. The fraction of sp³-hybridized carbons (Fsp3) is 0.389. The molecule has 0 amide bonds. The molecule has 0 aliphatic carbocycles. The Labute approximate surface area is 173 Å². The average Bonchev–Trinajstić information content (AvgIpc) is 3.12. The molecule has 1 fully saturated rings. The largest absolute Gasteiger partial charge is 0.417 e. The predicted molar refractivity (Wildman–Crippen MR) is 102 cm³/mol. The number of hydrogen-bond acceptors (Lipinski definition) is 7. The van der Waals surface area contributed by atoms with Gasteiger partial charge in [-0.05, 0) is 40.5 Å². The van der Waals surface area contributed by atoms with Crippen molar-refractivity contribution in [1.29, 1.82) is 5.26 Å². The number of ether oxygens (including phenoxy) is 1. The molecule has 0 bridgehead atoms. The van der Waals surface area contributed by atoms with Gasteiger partial charge in [-0.1, -0.05) is 0 Å². The minimum Gasteiger partial charge on any atom is -0.392 e. The van der Waals surface area contributed by atoms with Gasteiger partial charge in [0.05, 0.1) is 43.4 Å².